The predicted octanol–water partition coefficient (Wildman–Crippen LogP) is 2.03. The highest BCUT2D eigenvalue weighted by Crippen LogP contribution is 2.35. The van der Waals surface area contributed by atoms with Crippen molar-refractivity contribution in [2.24, 2.45) is 17.3 Å². The Balaban J connectivity index is 2.15. The Hall–Kier alpha value is -1.84. The van der Waals surface area contributed by atoms with E-state index in [4.69, 9.17) is 0 Å². The Labute approximate surface area is 113 Å². The van der Waals surface area contributed by atoms with Crippen molar-refractivity contribution in [2.45, 2.75) is 20.8 Å². The van der Waals surface area contributed by atoms with E-state index >= 15 is 0 Å². The van der Waals surface area contributed by atoms with Gasteiger partial charge < -0.3 is 10.6 Å². The molecule has 0 radical (unpaired) electrons. The lowest BCUT2D eigenvalue weighted by Gasteiger charge is -2.29. The van der Waals surface area contributed by atoms with Crippen LogP contribution in [0.5, 0.6) is 0 Å². The summed E-state index contributed by atoms with van der Waals surface area (Å²) in [5, 5.41) is 5.61. The van der Waals surface area contributed by atoms with Crippen molar-refractivity contribution < 1.29 is 9.59 Å². The number of carbonyl (C=O) groups is 2. The molecule has 0 aromatic heterocycles. The highest BCUT2D eigenvalue weighted by Gasteiger charge is 2.45. The first-order valence-corrected chi connectivity index (χ1v) is 6.53. The normalized spacial score (nSPS) is 23.0. The SMILES string of the molecule is CC(C)(C)[C@@H]1CNC(=O)[C@@H]1C(=O)Nc1ccccc1. The molecule has 1 aliphatic heterocycles. The van der Waals surface area contributed by atoms with Gasteiger partial charge in [-0.05, 0) is 17.5 Å². The largest absolute Gasteiger partial charge is 0.355 e. The zero-order valence-corrected chi connectivity index (χ0v) is 11.6. The Bertz CT molecular complexity index is 477. The molecule has 4 nitrogen and oxygen atoms in total. The van der Waals surface area contributed by atoms with Gasteiger partial charge in [-0.15, -0.1) is 0 Å². The second-order valence-corrected chi connectivity index (χ2v) is 6.05. The number of amides is 2. The fourth-order valence-corrected chi connectivity index (χ4v) is 2.47. The summed E-state index contributed by atoms with van der Waals surface area (Å²) in [5.74, 6) is -0.988. The molecule has 1 saturated heterocycles. The van der Waals surface area contributed by atoms with E-state index in [2.05, 4.69) is 31.4 Å². The van der Waals surface area contributed by atoms with Gasteiger partial charge in [0.1, 0.15) is 5.92 Å². The molecule has 1 aromatic carbocycles. The molecular formula is C15H20N2O2. The molecule has 2 amide bonds. The van der Waals surface area contributed by atoms with Crippen LogP contribution in [0.4, 0.5) is 5.69 Å². The monoisotopic (exact) mass is 260 g/mol. The second kappa shape index (κ2) is 5.03. The Morgan fingerprint density at radius 1 is 1.26 bits per heavy atom. The lowest BCUT2D eigenvalue weighted by atomic mass is 9.74. The zero-order chi connectivity index (χ0) is 14.0. The molecule has 0 unspecified atom stereocenters. The maximum atomic E-state index is 12.3. The number of para-hydroxylation sites is 1. The fourth-order valence-electron chi connectivity index (χ4n) is 2.47. The van der Waals surface area contributed by atoms with Crippen molar-refractivity contribution in [3.05, 3.63) is 30.3 Å². The Morgan fingerprint density at radius 2 is 1.89 bits per heavy atom. The van der Waals surface area contributed by atoms with Crippen LogP contribution in [-0.4, -0.2) is 18.4 Å². The van der Waals surface area contributed by atoms with Crippen LogP contribution in [0.1, 0.15) is 20.8 Å². The highest BCUT2D eigenvalue weighted by molar-refractivity contribution is 6.07. The van der Waals surface area contributed by atoms with Gasteiger partial charge in [-0.2, -0.15) is 0 Å². The average Bonchev–Trinajstić information content (AvgIpc) is 2.72. The molecule has 2 rings (SSSR count). The predicted molar refractivity (Wildman–Crippen MR) is 74.5 cm³/mol. The fraction of sp³-hybridized carbons (Fsp3) is 0.467. The lowest BCUT2D eigenvalue weighted by molar-refractivity contribution is -0.132. The van der Waals surface area contributed by atoms with E-state index in [-0.39, 0.29) is 23.1 Å². The summed E-state index contributed by atoms with van der Waals surface area (Å²) >= 11 is 0. The van der Waals surface area contributed by atoms with Crippen LogP contribution in [0.25, 0.3) is 0 Å². The summed E-state index contributed by atoms with van der Waals surface area (Å²) in [6, 6.07) is 9.22. The first-order chi connectivity index (χ1) is 8.89. The van der Waals surface area contributed by atoms with Crippen LogP contribution in [0.15, 0.2) is 30.3 Å². The van der Waals surface area contributed by atoms with Crippen molar-refractivity contribution in [1.29, 1.82) is 0 Å². The van der Waals surface area contributed by atoms with Crippen molar-refractivity contribution in [2.75, 3.05) is 11.9 Å². The number of hydrogen-bond donors (Lipinski definition) is 2. The van der Waals surface area contributed by atoms with Crippen LogP contribution < -0.4 is 10.6 Å². The third-order valence-electron chi connectivity index (χ3n) is 3.62. The molecule has 4 heteroatoms. The molecule has 0 saturated carbocycles. The average molecular weight is 260 g/mol. The Kier molecular flexibility index (Phi) is 3.60. The second-order valence-electron chi connectivity index (χ2n) is 6.05. The summed E-state index contributed by atoms with van der Waals surface area (Å²) in [5.41, 5.74) is 0.637. The summed E-state index contributed by atoms with van der Waals surface area (Å²) in [6.07, 6.45) is 0. The standard InChI is InChI=1S/C15H20N2O2/c1-15(2,3)11-9-16-13(18)12(11)14(19)17-10-7-5-4-6-8-10/h4-8,11-12H,9H2,1-3H3,(H,16,18)(H,17,19)/t11-,12-/m1/s1. The molecule has 2 atom stereocenters. The van der Waals surface area contributed by atoms with E-state index in [1.807, 2.05) is 30.3 Å². The van der Waals surface area contributed by atoms with Gasteiger partial charge in [0.25, 0.3) is 0 Å². The molecule has 0 bridgehead atoms. The first kappa shape index (κ1) is 13.6. The van der Waals surface area contributed by atoms with Gasteiger partial charge in [0.2, 0.25) is 11.8 Å². The minimum atomic E-state index is -0.611. The lowest BCUT2D eigenvalue weighted by Crippen LogP contribution is -2.37. The highest BCUT2D eigenvalue weighted by atomic mass is 16.2. The van der Waals surface area contributed by atoms with Gasteiger partial charge >= 0.3 is 0 Å². The molecule has 2 N–H and O–H groups in total. The van der Waals surface area contributed by atoms with Crippen LogP contribution in [0.3, 0.4) is 0 Å². The molecule has 1 aromatic rings. The first-order valence-electron chi connectivity index (χ1n) is 6.53. The van der Waals surface area contributed by atoms with E-state index in [0.29, 0.717) is 6.54 Å². The van der Waals surface area contributed by atoms with E-state index < -0.39 is 5.92 Å². The maximum Gasteiger partial charge on any atom is 0.237 e. The summed E-state index contributed by atoms with van der Waals surface area (Å²) in [7, 11) is 0. The van der Waals surface area contributed by atoms with Crippen LogP contribution in [0, 0.1) is 17.3 Å². The van der Waals surface area contributed by atoms with Gasteiger partial charge in [0, 0.05) is 18.2 Å². The number of nitrogens with one attached hydrogen (secondary N) is 2. The van der Waals surface area contributed by atoms with Gasteiger partial charge in [0.15, 0.2) is 0 Å². The number of benzene rings is 1. The third kappa shape index (κ3) is 2.95. The molecule has 19 heavy (non-hydrogen) atoms. The Morgan fingerprint density at radius 3 is 2.47 bits per heavy atom. The van der Waals surface area contributed by atoms with Crippen molar-refractivity contribution >= 4 is 17.5 Å². The van der Waals surface area contributed by atoms with Crippen LogP contribution in [-0.2, 0) is 9.59 Å². The summed E-state index contributed by atoms with van der Waals surface area (Å²) < 4.78 is 0. The topological polar surface area (TPSA) is 58.2 Å². The quantitative estimate of drug-likeness (QED) is 0.799. The third-order valence-corrected chi connectivity index (χ3v) is 3.62. The van der Waals surface area contributed by atoms with Crippen molar-refractivity contribution in [1.82, 2.24) is 5.32 Å². The van der Waals surface area contributed by atoms with Crippen LogP contribution >= 0.6 is 0 Å². The van der Waals surface area contributed by atoms with Gasteiger partial charge in [0.05, 0.1) is 0 Å². The number of anilines is 1. The van der Waals surface area contributed by atoms with Crippen LogP contribution in [0.2, 0.25) is 0 Å². The summed E-state index contributed by atoms with van der Waals surface area (Å²) in [4.78, 5) is 24.2. The molecule has 1 heterocycles. The minimum Gasteiger partial charge on any atom is -0.355 e. The molecule has 102 valence electrons. The van der Waals surface area contributed by atoms with Crippen molar-refractivity contribution in [3.63, 3.8) is 0 Å². The number of hydrogen-bond acceptors (Lipinski definition) is 2. The number of carbonyl (C=O) groups excluding carboxylic acids is 2. The summed E-state index contributed by atoms with van der Waals surface area (Å²) in [6.45, 7) is 6.73. The molecular weight excluding hydrogens is 240 g/mol. The zero-order valence-electron chi connectivity index (χ0n) is 11.6. The number of rotatable bonds is 2. The molecule has 1 aliphatic rings. The smallest absolute Gasteiger partial charge is 0.237 e. The van der Waals surface area contributed by atoms with Gasteiger partial charge in [-0.3, -0.25) is 9.59 Å². The molecule has 1 fully saturated rings. The molecule has 0 spiro atoms. The van der Waals surface area contributed by atoms with E-state index in [1.165, 1.54) is 0 Å². The maximum absolute atomic E-state index is 12.3. The van der Waals surface area contributed by atoms with Gasteiger partial charge in [-0.25, -0.2) is 0 Å². The van der Waals surface area contributed by atoms with Crippen molar-refractivity contribution in [3.8, 4) is 0 Å². The van der Waals surface area contributed by atoms with E-state index in [0.717, 1.165) is 5.69 Å². The minimum absolute atomic E-state index is 0.0173. The van der Waals surface area contributed by atoms with E-state index in [9.17, 15) is 9.59 Å². The van der Waals surface area contributed by atoms with Gasteiger partial charge in [-0.1, -0.05) is 39.0 Å². The van der Waals surface area contributed by atoms with E-state index in [1.54, 1.807) is 0 Å². The molecule has 0 aliphatic carbocycles.